The largest absolute Gasteiger partial charge is 0.307 e. The van der Waals surface area contributed by atoms with Crippen molar-refractivity contribution in [2.45, 2.75) is 52.6 Å². The standard InChI is InChI=1S/C17H23BrN2S/c1-5-6-14-15(11-19-17(2,3)4)21-16(20-14)12-7-9-13(18)10-8-12/h7-10,19H,5-6,11H2,1-4H3. The lowest BCUT2D eigenvalue weighted by atomic mass is 10.1. The lowest BCUT2D eigenvalue weighted by Gasteiger charge is -2.20. The van der Waals surface area contributed by atoms with Crippen molar-refractivity contribution in [3.63, 3.8) is 0 Å². The SMILES string of the molecule is CCCc1nc(-c2ccc(Br)cc2)sc1CNC(C)(C)C. The highest BCUT2D eigenvalue weighted by atomic mass is 79.9. The summed E-state index contributed by atoms with van der Waals surface area (Å²) in [5.74, 6) is 0. The molecule has 2 nitrogen and oxygen atoms in total. The van der Waals surface area contributed by atoms with Crippen molar-refractivity contribution in [2.24, 2.45) is 0 Å². The van der Waals surface area contributed by atoms with Gasteiger partial charge in [0.15, 0.2) is 0 Å². The third kappa shape index (κ3) is 4.90. The quantitative estimate of drug-likeness (QED) is 0.764. The maximum Gasteiger partial charge on any atom is 0.123 e. The Bertz CT molecular complexity index is 582. The molecule has 0 bridgehead atoms. The minimum absolute atomic E-state index is 0.130. The topological polar surface area (TPSA) is 24.9 Å². The Morgan fingerprint density at radius 2 is 1.86 bits per heavy atom. The van der Waals surface area contributed by atoms with Crippen LogP contribution in [0.5, 0.6) is 0 Å². The minimum atomic E-state index is 0.130. The molecule has 0 aliphatic carbocycles. The molecule has 0 aliphatic heterocycles. The number of halogens is 1. The smallest absolute Gasteiger partial charge is 0.123 e. The monoisotopic (exact) mass is 366 g/mol. The summed E-state index contributed by atoms with van der Waals surface area (Å²) in [6, 6.07) is 8.39. The van der Waals surface area contributed by atoms with Gasteiger partial charge in [0.05, 0.1) is 5.69 Å². The van der Waals surface area contributed by atoms with Crippen LogP contribution in [-0.4, -0.2) is 10.5 Å². The Hall–Kier alpha value is -0.710. The van der Waals surface area contributed by atoms with E-state index in [-0.39, 0.29) is 5.54 Å². The van der Waals surface area contributed by atoms with E-state index in [2.05, 4.69) is 73.2 Å². The molecule has 0 fully saturated rings. The van der Waals surface area contributed by atoms with Gasteiger partial charge in [-0.3, -0.25) is 0 Å². The second-order valence-corrected chi connectivity index (χ2v) is 8.25. The first-order chi connectivity index (χ1) is 9.89. The van der Waals surface area contributed by atoms with E-state index in [1.807, 2.05) is 11.3 Å². The molecule has 0 unspecified atom stereocenters. The van der Waals surface area contributed by atoms with E-state index in [9.17, 15) is 0 Å². The zero-order chi connectivity index (χ0) is 15.5. The molecule has 1 aromatic carbocycles. The molecular formula is C17H23BrN2S. The third-order valence-electron chi connectivity index (χ3n) is 3.14. The molecule has 2 rings (SSSR count). The van der Waals surface area contributed by atoms with E-state index in [1.54, 1.807) is 0 Å². The molecule has 0 saturated heterocycles. The number of benzene rings is 1. The van der Waals surface area contributed by atoms with Crippen LogP contribution < -0.4 is 5.32 Å². The molecule has 114 valence electrons. The Morgan fingerprint density at radius 1 is 1.19 bits per heavy atom. The number of hydrogen-bond donors (Lipinski definition) is 1. The highest BCUT2D eigenvalue weighted by Crippen LogP contribution is 2.30. The molecule has 2 aromatic rings. The van der Waals surface area contributed by atoms with Gasteiger partial charge >= 0.3 is 0 Å². The van der Waals surface area contributed by atoms with Gasteiger partial charge in [0.2, 0.25) is 0 Å². The van der Waals surface area contributed by atoms with Gasteiger partial charge in [-0.15, -0.1) is 11.3 Å². The third-order valence-corrected chi connectivity index (χ3v) is 4.81. The number of rotatable bonds is 5. The van der Waals surface area contributed by atoms with Crippen LogP contribution in [0.15, 0.2) is 28.7 Å². The van der Waals surface area contributed by atoms with Gasteiger partial charge in [0.25, 0.3) is 0 Å². The number of hydrogen-bond acceptors (Lipinski definition) is 3. The van der Waals surface area contributed by atoms with Gasteiger partial charge in [-0.1, -0.05) is 41.4 Å². The average molecular weight is 367 g/mol. The van der Waals surface area contributed by atoms with Gasteiger partial charge < -0.3 is 5.32 Å². The maximum atomic E-state index is 4.86. The highest BCUT2D eigenvalue weighted by Gasteiger charge is 2.15. The van der Waals surface area contributed by atoms with Crippen molar-refractivity contribution < 1.29 is 0 Å². The van der Waals surface area contributed by atoms with Gasteiger partial charge in [-0.2, -0.15) is 0 Å². The normalized spacial score (nSPS) is 11.9. The summed E-state index contributed by atoms with van der Waals surface area (Å²) in [7, 11) is 0. The molecule has 1 heterocycles. The minimum Gasteiger partial charge on any atom is -0.307 e. The number of aromatic nitrogens is 1. The fraction of sp³-hybridized carbons (Fsp3) is 0.471. The number of nitrogens with zero attached hydrogens (tertiary/aromatic N) is 1. The summed E-state index contributed by atoms with van der Waals surface area (Å²) in [5.41, 5.74) is 2.57. The van der Waals surface area contributed by atoms with Gasteiger partial charge in [-0.25, -0.2) is 4.98 Å². The molecule has 0 spiro atoms. The molecule has 0 atom stereocenters. The van der Waals surface area contributed by atoms with Crippen LogP contribution in [-0.2, 0) is 13.0 Å². The summed E-state index contributed by atoms with van der Waals surface area (Å²) in [5, 5.41) is 4.70. The van der Waals surface area contributed by atoms with Gasteiger partial charge in [0.1, 0.15) is 5.01 Å². The predicted octanol–water partition coefficient (Wildman–Crippen LogP) is 5.41. The van der Waals surface area contributed by atoms with Gasteiger partial charge in [-0.05, 0) is 39.3 Å². The summed E-state index contributed by atoms with van der Waals surface area (Å²) < 4.78 is 1.10. The van der Waals surface area contributed by atoms with E-state index in [0.29, 0.717) is 0 Å². The lowest BCUT2D eigenvalue weighted by molar-refractivity contribution is 0.425. The van der Waals surface area contributed by atoms with Crippen LogP contribution in [0.2, 0.25) is 0 Å². The van der Waals surface area contributed by atoms with Crippen molar-refractivity contribution in [1.29, 1.82) is 0 Å². The Balaban J connectivity index is 2.25. The lowest BCUT2D eigenvalue weighted by Crippen LogP contribution is -2.35. The fourth-order valence-corrected chi connectivity index (χ4v) is 3.33. The zero-order valence-corrected chi connectivity index (χ0v) is 15.6. The first kappa shape index (κ1) is 16.7. The molecule has 0 saturated carbocycles. The average Bonchev–Trinajstić information content (AvgIpc) is 2.80. The zero-order valence-electron chi connectivity index (χ0n) is 13.2. The van der Waals surface area contributed by atoms with Gasteiger partial charge in [0, 0.05) is 27.0 Å². The highest BCUT2D eigenvalue weighted by molar-refractivity contribution is 9.10. The number of aryl methyl sites for hydroxylation is 1. The van der Waals surface area contributed by atoms with Crippen LogP contribution in [0.25, 0.3) is 10.6 Å². The molecule has 1 N–H and O–H groups in total. The van der Waals surface area contributed by atoms with Crippen molar-refractivity contribution in [2.75, 3.05) is 0 Å². The summed E-state index contributed by atoms with van der Waals surface area (Å²) >= 11 is 5.29. The first-order valence-corrected chi connectivity index (χ1v) is 8.99. The van der Waals surface area contributed by atoms with E-state index in [0.717, 1.165) is 28.9 Å². The molecule has 0 radical (unpaired) electrons. The van der Waals surface area contributed by atoms with Crippen LogP contribution in [0.4, 0.5) is 0 Å². The fourth-order valence-electron chi connectivity index (χ4n) is 2.01. The van der Waals surface area contributed by atoms with E-state index in [1.165, 1.54) is 16.1 Å². The summed E-state index contributed by atoms with van der Waals surface area (Å²) in [6.45, 7) is 9.70. The molecular weight excluding hydrogens is 344 g/mol. The predicted molar refractivity (Wildman–Crippen MR) is 95.8 cm³/mol. The number of thiazole rings is 1. The van der Waals surface area contributed by atoms with Crippen molar-refractivity contribution in [3.05, 3.63) is 39.3 Å². The molecule has 21 heavy (non-hydrogen) atoms. The van der Waals surface area contributed by atoms with Crippen molar-refractivity contribution >= 4 is 27.3 Å². The van der Waals surface area contributed by atoms with Crippen LogP contribution in [0.3, 0.4) is 0 Å². The summed E-state index contributed by atoms with van der Waals surface area (Å²) in [4.78, 5) is 6.23. The Labute approximate surface area is 140 Å². The van der Waals surface area contributed by atoms with E-state index < -0.39 is 0 Å². The van der Waals surface area contributed by atoms with Crippen molar-refractivity contribution in [1.82, 2.24) is 10.3 Å². The Kier molecular flexibility index (Phi) is 5.58. The van der Waals surface area contributed by atoms with Crippen molar-refractivity contribution in [3.8, 4) is 10.6 Å². The first-order valence-electron chi connectivity index (χ1n) is 7.38. The summed E-state index contributed by atoms with van der Waals surface area (Å²) in [6.07, 6.45) is 2.18. The Morgan fingerprint density at radius 3 is 2.43 bits per heavy atom. The molecule has 0 aliphatic rings. The second kappa shape index (κ2) is 7.03. The van der Waals surface area contributed by atoms with Crippen LogP contribution in [0, 0.1) is 0 Å². The molecule has 4 heteroatoms. The number of nitrogens with one attached hydrogen (secondary N) is 1. The van der Waals surface area contributed by atoms with Crippen LogP contribution in [0.1, 0.15) is 44.7 Å². The molecule has 0 amide bonds. The second-order valence-electron chi connectivity index (χ2n) is 6.25. The van der Waals surface area contributed by atoms with Crippen LogP contribution >= 0.6 is 27.3 Å². The van der Waals surface area contributed by atoms with E-state index in [4.69, 9.17) is 4.98 Å². The molecule has 1 aromatic heterocycles. The maximum absolute atomic E-state index is 4.86. The van der Waals surface area contributed by atoms with E-state index >= 15 is 0 Å².